The van der Waals surface area contributed by atoms with Gasteiger partial charge in [-0.1, -0.05) is 13.8 Å². The van der Waals surface area contributed by atoms with E-state index in [2.05, 4.69) is 9.71 Å². The summed E-state index contributed by atoms with van der Waals surface area (Å²) in [4.78, 5) is 3.56. The van der Waals surface area contributed by atoms with Crippen LogP contribution in [-0.2, 0) is 10.0 Å². The molecule has 102 valence electrons. The molecule has 0 spiro atoms. The molecule has 1 heterocycles. The van der Waals surface area contributed by atoms with E-state index in [4.69, 9.17) is 11.6 Å². The van der Waals surface area contributed by atoms with Crippen molar-refractivity contribution < 1.29 is 12.8 Å². The first-order valence-corrected chi connectivity index (χ1v) is 7.59. The lowest BCUT2D eigenvalue weighted by molar-refractivity contribution is 0.435. The zero-order valence-corrected chi connectivity index (χ0v) is 11.8. The Labute approximate surface area is 112 Å². The molecule has 0 fully saturated rings. The number of aromatic nitrogens is 1. The molecule has 0 radical (unpaired) electrons. The molecule has 1 aromatic rings. The maximum Gasteiger partial charge on any atom is 0.261 e. The lowest BCUT2D eigenvalue weighted by Crippen LogP contribution is -2.39. The predicted molar refractivity (Wildman–Crippen MR) is 68.5 cm³/mol. The third-order valence-corrected chi connectivity index (χ3v) is 4.15. The maximum atomic E-state index is 13.4. The van der Waals surface area contributed by atoms with Gasteiger partial charge in [0.1, 0.15) is 0 Å². The molecule has 1 atom stereocenters. The Hall–Kier alpha value is -0.720. The van der Waals surface area contributed by atoms with Gasteiger partial charge in [-0.2, -0.15) is 0 Å². The van der Waals surface area contributed by atoms with Crippen molar-refractivity contribution in [2.24, 2.45) is 5.92 Å². The van der Waals surface area contributed by atoms with Gasteiger partial charge in [0.25, 0.3) is 10.0 Å². The smallest absolute Gasteiger partial charge is 0.241 e. The van der Waals surface area contributed by atoms with Crippen LogP contribution in [0.2, 0.25) is 0 Å². The van der Waals surface area contributed by atoms with Crippen molar-refractivity contribution in [2.45, 2.75) is 31.3 Å². The summed E-state index contributed by atoms with van der Waals surface area (Å²) in [7, 11) is -3.95. The topological polar surface area (TPSA) is 59.1 Å². The van der Waals surface area contributed by atoms with Gasteiger partial charge in [0.05, 0.1) is 0 Å². The van der Waals surface area contributed by atoms with Crippen molar-refractivity contribution >= 4 is 21.6 Å². The largest absolute Gasteiger partial charge is 0.261 e. The Morgan fingerprint density at radius 2 is 2.17 bits per heavy atom. The number of hydrogen-bond donors (Lipinski definition) is 1. The van der Waals surface area contributed by atoms with E-state index in [1.54, 1.807) is 0 Å². The van der Waals surface area contributed by atoms with Gasteiger partial charge in [-0.3, -0.25) is 0 Å². The zero-order valence-electron chi connectivity index (χ0n) is 10.2. The molecule has 18 heavy (non-hydrogen) atoms. The van der Waals surface area contributed by atoms with Crippen LogP contribution in [0.4, 0.5) is 4.39 Å². The van der Waals surface area contributed by atoms with Gasteiger partial charge in [0.15, 0.2) is 5.82 Å². The Balaban J connectivity index is 2.97. The molecular formula is C11H16ClFN2O2S. The molecule has 0 saturated carbocycles. The van der Waals surface area contributed by atoms with Crippen LogP contribution in [-0.4, -0.2) is 25.3 Å². The summed E-state index contributed by atoms with van der Waals surface area (Å²) < 4.78 is 39.8. The fraction of sp³-hybridized carbons (Fsp3) is 0.545. The normalized spacial score (nSPS) is 13.8. The number of nitrogens with one attached hydrogen (secondary N) is 1. The Morgan fingerprint density at radius 3 is 2.67 bits per heavy atom. The van der Waals surface area contributed by atoms with Crippen LogP contribution < -0.4 is 4.72 Å². The summed E-state index contributed by atoms with van der Waals surface area (Å²) >= 11 is 5.62. The average molecular weight is 295 g/mol. The first-order valence-electron chi connectivity index (χ1n) is 5.57. The highest BCUT2D eigenvalue weighted by Gasteiger charge is 2.25. The number of rotatable bonds is 6. The van der Waals surface area contributed by atoms with Crippen LogP contribution in [0.1, 0.15) is 20.3 Å². The number of nitrogens with zero attached hydrogens (tertiary/aromatic N) is 1. The van der Waals surface area contributed by atoms with Gasteiger partial charge < -0.3 is 0 Å². The van der Waals surface area contributed by atoms with E-state index in [0.717, 1.165) is 6.07 Å². The predicted octanol–water partition coefficient (Wildman–Crippen LogP) is 2.15. The van der Waals surface area contributed by atoms with Gasteiger partial charge in [-0.05, 0) is 24.5 Å². The van der Waals surface area contributed by atoms with Crippen LogP contribution >= 0.6 is 11.6 Å². The number of halogens is 2. The van der Waals surface area contributed by atoms with Crippen molar-refractivity contribution in [3.05, 3.63) is 24.1 Å². The summed E-state index contributed by atoms with van der Waals surface area (Å²) in [6, 6.07) is 2.06. The van der Waals surface area contributed by atoms with E-state index in [1.807, 2.05) is 13.8 Å². The van der Waals surface area contributed by atoms with Gasteiger partial charge in [-0.15, -0.1) is 11.6 Å². The van der Waals surface area contributed by atoms with E-state index in [0.29, 0.717) is 12.3 Å². The highest BCUT2D eigenvalue weighted by molar-refractivity contribution is 7.89. The van der Waals surface area contributed by atoms with Gasteiger partial charge in [0.2, 0.25) is 5.03 Å². The van der Waals surface area contributed by atoms with E-state index >= 15 is 0 Å². The summed E-state index contributed by atoms with van der Waals surface area (Å²) in [6.07, 6.45) is 1.72. The molecule has 0 aromatic carbocycles. The Kier molecular flexibility index (Phi) is 5.49. The van der Waals surface area contributed by atoms with E-state index in [1.165, 1.54) is 12.3 Å². The van der Waals surface area contributed by atoms with Crippen LogP contribution in [0.3, 0.4) is 0 Å². The van der Waals surface area contributed by atoms with Crippen molar-refractivity contribution in [3.63, 3.8) is 0 Å². The lowest BCUT2D eigenvalue weighted by Gasteiger charge is -2.21. The monoisotopic (exact) mass is 294 g/mol. The summed E-state index contributed by atoms with van der Waals surface area (Å²) in [6.45, 7) is 3.74. The van der Waals surface area contributed by atoms with E-state index in [9.17, 15) is 12.8 Å². The fourth-order valence-electron chi connectivity index (χ4n) is 1.47. The molecule has 0 saturated heterocycles. The number of alkyl halides is 1. The quantitative estimate of drug-likeness (QED) is 0.818. The van der Waals surface area contributed by atoms with Crippen LogP contribution in [0.5, 0.6) is 0 Å². The molecular weight excluding hydrogens is 279 g/mol. The molecule has 0 aliphatic rings. The van der Waals surface area contributed by atoms with E-state index < -0.39 is 20.9 Å². The molecule has 1 unspecified atom stereocenters. The molecule has 0 aliphatic carbocycles. The third kappa shape index (κ3) is 3.90. The van der Waals surface area contributed by atoms with Crippen molar-refractivity contribution in [1.29, 1.82) is 0 Å². The lowest BCUT2D eigenvalue weighted by atomic mass is 10.0. The second kappa shape index (κ2) is 6.45. The minimum absolute atomic E-state index is 0.0605. The number of sulfonamides is 1. The van der Waals surface area contributed by atoms with Gasteiger partial charge >= 0.3 is 0 Å². The number of hydrogen-bond acceptors (Lipinski definition) is 3. The minimum atomic E-state index is -3.95. The van der Waals surface area contributed by atoms with Gasteiger partial charge in [-0.25, -0.2) is 22.5 Å². The highest BCUT2D eigenvalue weighted by atomic mass is 35.5. The minimum Gasteiger partial charge on any atom is -0.241 e. The molecule has 0 aliphatic heterocycles. The number of pyridine rings is 1. The second-order valence-corrected chi connectivity index (χ2v) is 6.25. The molecule has 7 heteroatoms. The fourth-order valence-corrected chi connectivity index (χ4v) is 3.13. The highest BCUT2D eigenvalue weighted by Crippen LogP contribution is 2.14. The molecule has 1 aromatic heterocycles. The van der Waals surface area contributed by atoms with Crippen LogP contribution in [0.15, 0.2) is 23.4 Å². The van der Waals surface area contributed by atoms with Crippen LogP contribution in [0.25, 0.3) is 0 Å². The zero-order chi connectivity index (χ0) is 13.8. The third-order valence-electron chi connectivity index (χ3n) is 2.51. The Morgan fingerprint density at radius 1 is 1.50 bits per heavy atom. The van der Waals surface area contributed by atoms with Gasteiger partial charge in [0, 0.05) is 18.1 Å². The molecule has 0 amide bonds. The Bertz CT molecular complexity index is 494. The SMILES string of the molecule is CC(C)C(CCCl)NS(=O)(=O)c1ncccc1F. The van der Waals surface area contributed by atoms with Crippen LogP contribution in [0, 0.1) is 11.7 Å². The van der Waals surface area contributed by atoms with Crippen molar-refractivity contribution in [3.8, 4) is 0 Å². The van der Waals surface area contributed by atoms with Crippen molar-refractivity contribution in [2.75, 3.05) is 5.88 Å². The molecule has 1 rings (SSSR count). The summed E-state index contributed by atoms with van der Waals surface area (Å²) in [5.74, 6) is -0.473. The standard InChI is InChI=1S/C11H16ClFN2O2S/c1-8(2)10(5-6-12)15-18(16,17)11-9(13)4-3-7-14-11/h3-4,7-8,10,15H,5-6H2,1-2H3. The summed E-state index contributed by atoms with van der Waals surface area (Å²) in [5.41, 5.74) is 0. The first-order chi connectivity index (χ1) is 8.38. The molecule has 1 N–H and O–H groups in total. The summed E-state index contributed by atoms with van der Waals surface area (Å²) in [5, 5.41) is -0.578. The first kappa shape index (κ1) is 15.3. The van der Waals surface area contributed by atoms with E-state index in [-0.39, 0.29) is 12.0 Å². The second-order valence-electron chi connectivity index (χ2n) is 4.24. The van der Waals surface area contributed by atoms with Crippen molar-refractivity contribution in [1.82, 2.24) is 9.71 Å². The molecule has 4 nitrogen and oxygen atoms in total. The average Bonchev–Trinajstić information content (AvgIpc) is 2.28. The molecule has 0 bridgehead atoms. The maximum absolute atomic E-state index is 13.4.